The van der Waals surface area contributed by atoms with Gasteiger partial charge in [-0.3, -0.25) is 0 Å². The van der Waals surface area contributed by atoms with Crippen LogP contribution in [0.1, 0.15) is 45.5 Å². The standard InChI is InChI=1S/C13H20N6O/c1-5-6-11-10(9-13(2,3)4)15-17-19(11)12(20)18-8-7-14-16-18/h7-8H,5-6,9H2,1-4H3. The largest absolute Gasteiger partial charge is 0.372 e. The van der Waals surface area contributed by atoms with E-state index in [0.717, 1.165) is 35.3 Å². The van der Waals surface area contributed by atoms with Crippen LogP contribution in [0.3, 0.4) is 0 Å². The lowest BCUT2D eigenvalue weighted by Crippen LogP contribution is -2.24. The molecule has 2 aromatic rings. The molecule has 0 radical (unpaired) electrons. The molecule has 0 aromatic carbocycles. The van der Waals surface area contributed by atoms with Gasteiger partial charge in [0, 0.05) is 0 Å². The lowest BCUT2D eigenvalue weighted by Gasteiger charge is -2.17. The van der Waals surface area contributed by atoms with Crippen LogP contribution in [0.25, 0.3) is 0 Å². The second-order valence-electron chi connectivity index (χ2n) is 6.01. The van der Waals surface area contributed by atoms with Gasteiger partial charge in [-0.1, -0.05) is 44.5 Å². The summed E-state index contributed by atoms with van der Waals surface area (Å²) in [5.74, 6) is 0. The Morgan fingerprint density at radius 2 is 2.05 bits per heavy atom. The molecule has 0 unspecified atom stereocenters. The molecule has 0 saturated heterocycles. The van der Waals surface area contributed by atoms with E-state index in [9.17, 15) is 4.79 Å². The van der Waals surface area contributed by atoms with E-state index in [-0.39, 0.29) is 11.4 Å². The van der Waals surface area contributed by atoms with Crippen LogP contribution in [0, 0.1) is 5.41 Å². The van der Waals surface area contributed by atoms with Crippen molar-refractivity contribution in [3.05, 3.63) is 23.8 Å². The third kappa shape index (κ3) is 3.09. The average molecular weight is 276 g/mol. The van der Waals surface area contributed by atoms with Gasteiger partial charge in [0.05, 0.1) is 23.8 Å². The van der Waals surface area contributed by atoms with Crippen LogP contribution in [-0.4, -0.2) is 36.0 Å². The van der Waals surface area contributed by atoms with E-state index in [4.69, 9.17) is 0 Å². The van der Waals surface area contributed by atoms with Crippen molar-refractivity contribution in [2.75, 3.05) is 0 Å². The summed E-state index contributed by atoms with van der Waals surface area (Å²) in [6.45, 7) is 8.49. The first-order valence-corrected chi connectivity index (χ1v) is 6.77. The molecule has 0 aliphatic rings. The number of aromatic nitrogens is 6. The summed E-state index contributed by atoms with van der Waals surface area (Å²) >= 11 is 0. The van der Waals surface area contributed by atoms with Gasteiger partial charge in [0.25, 0.3) is 0 Å². The fraction of sp³-hybridized carbons (Fsp3) is 0.615. The number of rotatable bonds is 3. The maximum absolute atomic E-state index is 12.3. The molecule has 108 valence electrons. The first-order chi connectivity index (χ1) is 9.42. The number of hydrogen-bond acceptors (Lipinski definition) is 5. The molecule has 0 N–H and O–H groups in total. The van der Waals surface area contributed by atoms with Crippen LogP contribution in [-0.2, 0) is 12.8 Å². The van der Waals surface area contributed by atoms with E-state index in [1.54, 1.807) is 0 Å². The van der Waals surface area contributed by atoms with Gasteiger partial charge >= 0.3 is 6.03 Å². The highest BCUT2D eigenvalue weighted by atomic mass is 16.2. The summed E-state index contributed by atoms with van der Waals surface area (Å²) < 4.78 is 2.49. The van der Waals surface area contributed by atoms with Crippen molar-refractivity contribution in [3.63, 3.8) is 0 Å². The molecule has 0 saturated carbocycles. The SMILES string of the molecule is CCCc1c(CC(C)(C)C)nnn1C(=O)n1ccnn1. The lowest BCUT2D eigenvalue weighted by atomic mass is 9.89. The van der Waals surface area contributed by atoms with Gasteiger partial charge in [-0.05, 0) is 18.3 Å². The molecule has 7 nitrogen and oxygen atoms in total. The van der Waals surface area contributed by atoms with Crippen LogP contribution in [0.2, 0.25) is 0 Å². The van der Waals surface area contributed by atoms with Gasteiger partial charge < -0.3 is 0 Å². The minimum atomic E-state index is -0.349. The predicted octanol–water partition coefficient (Wildman–Crippen LogP) is 1.93. The normalized spacial score (nSPS) is 11.8. The van der Waals surface area contributed by atoms with Crippen molar-refractivity contribution < 1.29 is 4.79 Å². The summed E-state index contributed by atoms with van der Waals surface area (Å²) in [5.41, 5.74) is 1.84. The quantitative estimate of drug-likeness (QED) is 0.855. The molecule has 20 heavy (non-hydrogen) atoms. The smallest absolute Gasteiger partial charge is 0.243 e. The van der Waals surface area contributed by atoms with Gasteiger partial charge in [-0.2, -0.15) is 9.36 Å². The Bertz CT molecular complexity index is 579. The maximum Gasteiger partial charge on any atom is 0.372 e. The summed E-state index contributed by atoms with van der Waals surface area (Å²) in [7, 11) is 0. The molecular weight excluding hydrogens is 256 g/mol. The molecule has 0 bridgehead atoms. The monoisotopic (exact) mass is 276 g/mol. The molecular formula is C13H20N6O. The van der Waals surface area contributed by atoms with Gasteiger partial charge in [0.1, 0.15) is 0 Å². The Morgan fingerprint density at radius 1 is 1.30 bits per heavy atom. The molecule has 0 aliphatic heterocycles. The van der Waals surface area contributed by atoms with Crippen LogP contribution >= 0.6 is 0 Å². The van der Waals surface area contributed by atoms with E-state index in [1.807, 2.05) is 0 Å². The van der Waals surface area contributed by atoms with E-state index in [2.05, 4.69) is 48.3 Å². The molecule has 0 spiro atoms. The second kappa shape index (κ2) is 5.52. The first kappa shape index (κ1) is 14.4. The van der Waals surface area contributed by atoms with Gasteiger partial charge in [0.15, 0.2) is 0 Å². The Morgan fingerprint density at radius 3 is 2.60 bits per heavy atom. The average Bonchev–Trinajstić information content (AvgIpc) is 2.98. The predicted molar refractivity (Wildman–Crippen MR) is 73.4 cm³/mol. The number of carbonyl (C=O) groups is 1. The van der Waals surface area contributed by atoms with Crippen molar-refractivity contribution in [1.29, 1.82) is 0 Å². The maximum atomic E-state index is 12.3. The third-order valence-electron chi connectivity index (χ3n) is 2.83. The number of carbonyl (C=O) groups excluding carboxylic acids is 1. The summed E-state index contributed by atoms with van der Waals surface area (Å²) in [4.78, 5) is 12.3. The fourth-order valence-corrected chi connectivity index (χ4v) is 2.02. The highest BCUT2D eigenvalue weighted by molar-refractivity contribution is 5.77. The summed E-state index contributed by atoms with van der Waals surface area (Å²) in [5, 5.41) is 15.5. The molecule has 2 heterocycles. The van der Waals surface area contributed by atoms with E-state index in [0.29, 0.717) is 0 Å². The van der Waals surface area contributed by atoms with Crippen molar-refractivity contribution in [2.24, 2.45) is 5.41 Å². The molecule has 0 aliphatic carbocycles. The van der Waals surface area contributed by atoms with Gasteiger partial charge in [0.2, 0.25) is 0 Å². The van der Waals surface area contributed by atoms with Gasteiger partial charge in [-0.15, -0.1) is 10.2 Å². The second-order valence-corrected chi connectivity index (χ2v) is 6.01. The van der Waals surface area contributed by atoms with Crippen molar-refractivity contribution in [3.8, 4) is 0 Å². The molecule has 0 fully saturated rings. The topological polar surface area (TPSA) is 78.5 Å². The van der Waals surface area contributed by atoms with Crippen LogP contribution in [0.4, 0.5) is 4.79 Å². The van der Waals surface area contributed by atoms with E-state index in [1.165, 1.54) is 17.1 Å². The lowest BCUT2D eigenvalue weighted by molar-refractivity contribution is 0.236. The molecule has 0 atom stereocenters. The summed E-state index contributed by atoms with van der Waals surface area (Å²) in [6.07, 6.45) is 5.44. The Labute approximate surface area is 118 Å². The van der Waals surface area contributed by atoms with Crippen LogP contribution < -0.4 is 0 Å². The molecule has 2 aromatic heterocycles. The number of hydrogen-bond donors (Lipinski definition) is 0. The molecule has 0 amide bonds. The fourth-order valence-electron chi connectivity index (χ4n) is 2.02. The van der Waals surface area contributed by atoms with Crippen molar-refractivity contribution in [2.45, 2.75) is 47.0 Å². The van der Waals surface area contributed by atoms with Crippen LogP contribution in [0.15, 0.2) is 12.4 Å². The Balaban J connectivity index is 2.36. The van der Waals surface area contributed by atoms with E-state index < -0.39 is 0 Å². The molecule has 2 rings (SSSR count). The van der Waals surface area contributed by atoms with Crippen LogP contribution in [0.5, 0.6) is 0 Å². The zero-order chi connectivity index (χ0) is 14.8. The van der Waals surface area contributed by atoms with Gasteiger partial charge in [-0.25, -0.2) is 4.79 Å². The van der Waals surface area contributed by atoms with Crippen molar-refractivity contribution >= 4 is 6.03 Å². The Kier molecular flexibility index (Phi) is 3.96. The minimum absolute atomic E-state index is 0.0969. The molecule has 7 heteroatoms. The highest BCUT2D eigenvalue weighted by Crippen LogP contribution is 2.22. The highest BCUT2D eigenvalue weighted by Gasteiger charge is 2.22. The summed E-state index contributed by atoms with van der Waals surface area (Å²) in [6, 6.07) is -0.349. The zero-order valence-corrected chi connectivity index (χ0v) is 12.4. The zero-order valence-electron chi connectivity index (χ0n) is 12.4. The van der Waals surface area contributed by atoms with Crippen molar-refractivity contribution in [1.82, 2.24) is 30.0 Å². The third-order valence-corrected chi connectivity index (χ3v) is 2.83. The first-order valence-electron chi connectivity index (χ1n) is 6.77. The van der Waals surface area contributed by atoms with E-state index >= 15 is 0 Å². The Hall–Kier alpha value is -2.05. The minimum Gasteiger partial charge on any atom is -0.243 e. The number of nitrogens with zero attached hydrogens (tertiary/aromatic N) is 6.